The molecule has 26 heavy (non-hydrogen) atoms. The average molecular weight is 345 g/mol. The molecule has 0 aliphatic carbocycles. The highest BCUT2D eigenvalue weighted by atomic mass is 14.9. The molecule has 0 saturated carbocycles. The number of fused-ring (bicyclic) bond motifs is 2. The predicted molar refractivity (Wildman–Crippen MR) is 112 cm³/mol. The Kier molecular flexibility index (Phi) is 3.83. The Morgan fingerprint density at radius 3 is 2.38 bits per heavy atom. The third kappa shape index (κ3) is 2.35. The third-order valence-corrected chi connectivity index (χ3v) is 6.58. The van der Waals surface area contributed by atoms with E-state index in [4.69, 9.17) is 4.99 Å². The molecular formula is C24H28N2. The molecule has 0 N–H and O–H groups in total. The maximum atomic E-state index is 5.07. The van der Waals surface area contributed by atoms with Crippen molar-refractivity contribution in [3.05, 3.63) is 62.8 Å². The van der Waals surface area contributed by atoms with Gasteiger partial charge < -0.3 is 4.57 Å². The fraction of sp³-hybridized carbons (Fsp3) is 0.375. The monoisotopic (exact) mass is 344 g/mol. The summed E-state index contributed by atoms with van der Waals surface area (Å²) in [7, 11) is 2.14. The molecule has 0 radical (unpaired) electrons. The normalized spacial score (nSPS) is 13.4. The van der Waals surface area contributed by atoms with Gasteiger partial charge in [0.2, 0.25) is 0 Å². The van der Waals surface area contributed by atoms with Crippen molar-refractivity contribution in [3.8, 4) is 0 Å². The Morgan fingerprint density at radius 1 is 0.923 bits per heavy atom. The first-order valence-corrected chi connectivity index (χ1v) is 9.49. The Hall–Kier alpha value is -2.35. The molecule has 2 nitrogen and oxygen atoms in total. The first kappa shape index (κ1) is 17.1. The van der Waals surface area contributed by atoms with Gasteiger partial charge in [-0.2, -0.15) is 0 Å². The predicted octanol–water partition coefficient (Wildman–Crippen LogP) is 5.90. The van der Waals surface area contributed by atoms with Crippen LogP contribution in [0, 0.1) is 41.5 Å². The van der Waals surface area contributed by atoms with Crippen LogP contribution in [0.3, 0.4) is 0 Å². The van der Waals surface area contributed by atoms with Gasteiger partial charge in [0.05, 0.1) is 11.2 Å². The van der Waals surface area contributed by atoms with E-state index in [2.05, 4.69) is 71.5 Å². The lowest BCUT2D eigenvalue weighted by Gasteiger charge is -2.15. The van der Waals surface area contributed by atoms with Crippen LogP contribution in [0.5, 0.6) is 0 Å². The van der Waals surface area contributed by atoms with E-state index in [1.54, 1.807) is 0 Å². The highest BCUT2D eigenvalue weighted by Gasteiger charge is 2.21. The molecule has 0 saturated heterocycles. The Balaban J connectivity index is 1.81. The van der Waals surface area contributed by atoms with Crippen molar-refractivity contribution in [1.82, 2.24) is 4.57 Å². The maximum Gasteiger partial charge on any atom is 0.0697 e. The molecule has 1 aromatic heterocycles. The van der Waals surface area contributed by atoms with Crippen LogP contribution in [0.1, 0.15) is 44.5 Å². The van der Waals surface area contributed by atoms with Crippen molar-refractivity contribution in [2.75, 3.05) is 0 Å². The molecule has 2 heteroatoms. The molecule has 0 bridgehead atoms. The lowest BCUT2D eigenvalue weighted by Crippen LogP contribution is -2.07. The van der Waals surface area contributed by atoms with E-state index >= 15 is 0 Å². The van der Waals surface area contributed by atoms with E-state index in [0.29, 0.717) is 0 Å². The molecule has 1 aliphatic heterocycles. The minimum Gasteiger partial charge on any atom is -0.350 e. The van der Waals surface area contributed by atoms with E-state index in [0.717, 1.165) is 12.8 Å². The summed E-state index contributed by atoms with van der Waals surface area (Å²) < 4.78 is 2.25. The first-order chi connectivity index (χ1) is 12.3. The molecule has 0 amide bonds. The van der Waals surface area contributed by atoms with Gasteiger partial charge in [-0.25, -0.2) is 0 Å². The molecule has 4 rings (SSSR count). The van der Waals surface area contributed by atoms with Crippen molar-refractivity contribution >= 4 is 22.3 Å². The summed E-state index contributed by atoms with van der Waals surface area (Å²) in [5.74, 6) is 0. The van der Waals surface area contributed by atoms with Crippen LogP contribution in [0.25, 0.3) is 10.9 Å². The number of nitrogens with zero attached hydrogens (tertiary/aromatic N) is 2. The summed E-state index contributed by atoms with van der Waals surface area (Å²) in [4.78, 5) is 5.07. The van der Waals surface area contributed by atoms with Gasteiger partial charge in [0.15, 0.2) is 0 Å². The fourth-order valence-corrected chi connectivity index (χ4v) is 4.52. The molecular weight excluding hydrogens is 316 g/mol. The van der Waals surface area contributed by atoms with Crippen LogP contribution in [-0.4, -0.2) is 10.3 Å². The lowest BCUT2D eigenvalue weighted by molar-refractivity contribution is 0.961. The second-order valence-corrected chi connectivity index (χ2v) is 8.03. The van der Waals surface area contributed by atoms with Crippen molar-refractivity contribution in [2.45, 2.75) is 54.4 Å². The van der Waals surface area contributed by atoms with E-state index in [9.17, 15) is 0 Å². The number of rotatable bonds is 2. The van der Waals surface area contributed by atoms with E-state index < -0.39 is 0 Å². The fourth-order valence-electron chi connectivity index (χ4n) is 4.52. The smallest absolute Gasteiger partial charge is 0.0697 e. The second-order valence-electron chi connectivity index (χ2n) is 8.03. The quantitative estimate of drug-likeness (QED) is 0.551. The molecule has 0 spiro atoms. The highest BCUT2D eigenvalue weighted by Crippen LogP contribution is 2.36. The average Bonchev–Trinajstić information content (AvgIpc) is 3.18. The Labute approximate surface area is 156 Å². The van der Waals surface area contributed by atoms with Crippen LogP contribution in [-0.2, 0) is 19.9 Å². The minimum atomic E-state index is 0.944. The minimum absolute atomic E-state index is 0.944. The van der Waals surface area contributed by atoms with E-state index in [-0.39, 0.29) is 0 Å². The van der Waals surface area contributed by atoms with Crippen LogP contribution >= 0.6 is 0 Å². The number of aliphatic imine (C=N–C) groups is 1. The number of benzene rings is 2. The Bertz CT molecular complexity index is 1090. The van der Waals surface area contributed by atoms with Crippen molar-refractivity contribution in [1.29, 1.82) is 0 Å². The van der Waals surface area contributed by atoms with Crippen LogP contribution < -0.4 is 0 Å². The summed E-state index contributed by atoms with van der Waals surface area (Å²) >= 11 is 0. The van der Waals surface area contributed by atoms with Gasteiger partial charge in [0.25, 0.3) is 0 Å². The maximum absolute atomic E-state index is 5.07. The molecule has 2 aromatic carbocycles. The van der Waals surface area contributed by atoms with Gasteiger partial charge in [-0.05, 0) is 92.1 Å². The topological polar surface area (TPSA) is 17.3 Å². The number of hydrogen-bond acceptors (Lipinski definition) is 1. The zero-order chi connectivity index (χ0) is 18.7. The molecule has 0 atom stereocenters. The van der Waals surface area contributed by atoms with Gasteiger partial charge in [-0.1, -0.05) is 6.07 Å². The summed E-state index contributed by atoms with van der Waals surface area (Å²) in [6.45, 7) is 13.4. The number of aryl methyl sites for hydroxylation is 3. The Morgan fingerprint density at radius 2 is 1.65 bits per heavy atom. The zero-order valence-electron chi connectivity index (χ0n) is 17.0. The van der Waals surface area contributed by atoms with Gasteiger partial charge in [-0.15, -0.1) is 0 Å². The molecule has 134 valence electrons. The molecule has 0 fully saturated rings. The standard InChI is InChI=1S/C24H28N2/c1-13-10-19-11-20(25-23(19)17(5)14(13)2)12-22-16(4)15(3)18(6)24-21(22)8-9-26(24)7/h8-10H,11-12H2,1-7H3. The van der Waals surface area contributed by atoms with E-state index in [1.807, 2.05) is 0 Å². The summed E-state index contributed by atoms with van der Waals surface area (Å²) in [6.07, 6.45) is 4.11. The molecule has 3 aromatic rings. The van der Waals surface area contributed by atoms with Gasteiger partial charge >= 0.3 is 0 Å². The zero-order valence-corrected chi connectivity index (χ0v) is 17.0. The van der Waals surface area contributed by atoms with E-state index in [1.165, 1.54) is 66.8 Å². The number of hydrogen-bond donors (Lipinski definition) is 0. The van der Waals surface area contributed by atoms with Gasteiger partial charge in [0.1, 0.15) is 0 Å². The van der Waals surface area contributed by atoms with Gasteiger partial charge in [-0.3, -0.25) is 4.99 Å². The van der Waals surface area contributed by atoms with Gasteiger partial charge in [0, 0.05) is 37.2 Å². The van der Waals surface area contributed by atoms with Crippen molar-refractivity contribution in [3.63, 3.8) is 0 Å². The largest absolute Gasteiger partial charge is 0.350 e. The lowest BCUT2D eigenvalue weighted by atomic mass is 9.90. The van der Waals surface area contributed by atoms with Crippen LogP contribution in [0.2, 0.25) is 0 Å². The summed E-state index contributed by atoms with van der Waals surface area (Å²) in [5, 5.41) is 1.39. The van der Waals surface area contributed by atoms with Crippen LogP contribution in [0.15, 0.2) is 23.3 Å². The number of aromatic nitrogens is 1. The molecule has 2 heterocycles. The van der Waals surface area contributed by atoms with Crippen molar-refractivity contribution in [2.24, 2.45) is 12.0 Å². The first-order valence-electron chi connectivity index (χ1n) is 9.49. The molecule has 0 unspecified atom stereocenters. The highest BCUT2D eigenvalue weighted by molar-refractivity contribution is 6.00. The SMILES string of the molecule is Cc1cc2c(c(C)c1C)N=C(Cc1c(C)c(C)c(C)c3c1ccn3C)C2. The van der Waals surface area contributed by atoms with Crippen molar-refractivity contribution < 1.29 is 0 Å². The second kappa shape index (κ2) is 5.84. The van der Waals surface area contributed by atoms with Crippen LogP contribution in [0.4, 0.5) is 5.69 Å². The third-order valence-electron chi connectivity index (χ3n) is 6.58. The summed E-state index contributed by atoms with van der Waals surface area (Å²) in [5.41, 5.74) is 15.0. The molecule has 1 aliphatic rings. The summed E-state index contributed by atoms with van der Waals surface area (Å²) in [6, 6.07) is 4.60.